The lowest BCUT2D eigenvalue weighted by Gasteiger charge is -2.22. The predicted octanol–water partition coefficient (Wildman–Crippen LogP) is 10.3. The van der Waals surface area contributed by atoms with Crippen LogP contribution < -0.4 is 0 Å². The van der Waals surface area contributed by atoms with E-state index in [0.29, 0.717) is 30.8 Å². The molecule has 236 valence electrons. The summed E-state index contributed by atoms with van der Waals surface area (Å²) in [5.74, 6) is 1.91. The fourth-order valence-electron chi connectivity index (χ4n) is 7.14. The number of hydrogen-bond donors (Lipinski definition) is 0. The van der Waals surface area contributed by atoms with E-state index in [1.54, 1.807) is 0 Å². The highest BCUT2D eigenvalue weighted by molar-refractivity contribution is 5.72. The maximum Gasteiger partial charge on any atom is 0.305 e. The third-order valence-corrected chi connectivity index (χ3v) is 10.1. The van der Waals surface area contributed by atoms with Crippen LogP contribution in [-0.4, -0.2) is 22.5 Å². The molecule has 2 aromatic heterocycles. The van der Waals surface area contributed by atoms with Crippen molar-refractivity contribution in [2.75, 3.05) is 6.61 Å². The number of carbonyl (C=O) groups is 1. The largest absolute Gasteiger partial charge is 0.465 e. The number of unbranched alkanes of at least 4 members (excludes halogenated alkanes) is 8. The molecular formula is C40H54N2O2. The quantitative estimate of drug-likeness (QED) is 0.138. The highest BCUT2D eigenvalue weighted by Crippen LogP contribution is 2.53. The van der Waals surface area contributed by atoms with Crippen molar-refractivity contribution in [2.24, 2.45) is 17.8 Å². The molecular weight excluding hydrogens is 540 g/mol. The van der Waals surface area contributed by atoms with Gasteiger partial charge < -0.3 is 4.74 Å². The van der Waals surface area contributed by atoms with E-state index in [9.17, 15) is 4.79 Å². The molecule has 0 N–H and O–H groups in total. The maximum atomic E-state index is 12.4. The Morgan fingerprint density at radius 3 is 2.11 bits per heavy atom. The van der Waals surface area contributed by atoms with Crippen LogP contribution in [0.4, 0.5) is 0 Å². The van der Waals surface area contributed by atoms with Crippen molar-refractivity contribution < 1.29 is 9.53 Å². The Kier molecular flexibility index (Phi) is 11.3. The molecule has 3 aromatic rings. The van der Waals surface area contributed by atoms with Crippen molar-refractivity contribution in [2.45, 2.75) is 123 Å². The van der Waals surface area contributed by atoms with Crippen molar-refractivity contribution in [3.63, 3.8) is 0 Å². The van der Waals surface area contributed by atoms with Crippen molar-refractivity contribution >= 4 is 5.97 Å². The van der Waals surface area contributed by atoms with Gasteiger partial charge in [0, 0.05) is 29.9 Å². The Bertz CT molecular complexity index is 1360. The zero-order valence-electron chi connectivity index (χ0n) is 27.7. The minimum Gasteiger partial charge on any atom is -0.465 e. The number of nitrogens with zero attached hydrogens (tertiary/aromatic N) is 2. The third kappa shape index (κ3) is 8.79. The molecule has 44 heavy (non-hydrogen) atoms. The summed E-state index contributed by atoms with van der Waals surface area (Å²) in [6.45, 7) is 9.66. The number of esters is 1. The zero-order chi connectivity index (χ0) is 30.9. The Hall–Kier alpha value is -3.01. The van der Waals surface area contributed by atoms with Gasteiger partial charge in [0.05, 0.1) is 18.0 Å². The standard InChI is InChI=1S/C40H54N2O2/c1-5-6-7-8-9-10-11-12-13-17-39(43)44-28-36-34-20-18-29-26-38(42-27-30(29)19-21-35(34)36)32-23-31(37-16-14-15-22-41-37)24-33(25-32)40(2,3)4/h14-16,22-27,34-36H,5-13,17-21,28H2,1-4H3/t34-,35+,36+/m1/s1. The fraction of sp³-hybridized carbons (Fsp3) is 0.575. The molecule has 5 rings (SSSR count). The molecule has 2 aliphatic carbocycles. The first-order valence-electron chi connectivity index (χ1n) is 17.5. The minimum absolute atomic E-state index is 0.00639. The van der Waals surface area contributed by atoms with Crippen LogP contribution in [0.15, 0.2) is 54.9 Å². The monoisotopic (exact) mass is 594 g/mol. The van der Waals surface area contributed by atoms with E-state index in [0.717, 1.165) is 48.2 Å². The molecule has 4 nitrogen and oxygen atoms in total. The molecule has 0 spiro atoms. The van der Waals surface area contributed by atoms with Crippen molar-refractivity contribution in [1.29, 1.82) is 0 Å². The normalized spacial score (nSPS) is 19.4. The van der Waals surface area contributed by atoms with Crippen LogP contribution in [0, 0.1) is 17.8 Å². The minimum atomic E-state index is 0.00639. The highest BCUT2D eigenvalue weighted by atomic mass is 16.5. The Morgan fingerprint density at radius 2 is 1.45 bits per heavy atom. The second kappa shape index (κ2) is 15.3. The Morgan fingerprint density at radius 1 is 0.795 bits per heavy atom. The van der Waals surface area contributed by atoms with Crippen molar-refractivity contribution in [3.05, 3.63) is 71.5 Å². The van der Waals surface area contributed by atoms with Crippen LogP contribution >= 0.6 is 0 Å². The van der Waals surface area contributed by atoms with Crippen LogP contribution in [0.5, 0.6) is 0 Å². The molecule has 2 aliphatic rings. The summed E-state index contributed by atoms with van der Waals surface area (Å²) in [5, 5.41) is 0. The predicted molar refractivity (Wildman–Crippen MR) is 182 cm³/mol. The Labute approximate surface area is 266 Å². The maximum absolute atomic E-state index is 12.4. The van der Waals surface area contributed by atoms with Crippen molar-refractivity contribution in [1.82, 2.24) is 9.97 Å². The summed E-state index contributed by atoms with van der Waals surface area (Å²) in [6.07, 6.45) is 20.4. The average Bonchev–Trinajstić information content (AvgIpc) is 3.69. The number of carbonyl (C=O) groups excluding carboxylic acids is 1. The molecule has 1 saturated carbocycles. The molecule has 4 heteroatoms. The van der Waals surface area contributed by atoms with Gasteiger partial charge in [-0.25, -0.2) is 0 Å². The second-order valence-electron chi connectivity index (χ2n) is 14.4. The summed E-state index contributed by atoms with van der Waals surface area (Å²) < 4.78 is 5.80. The highest BCUT2D eigenvalue weighted by Gasteiger charge is 2.49. The first-order chi connectivity index (χ1) is 21.3. The molecule has 0 radical (unpaired) electrons. The molecule has 1 fully saturated rings. The lowest BCUT2D eigenvalue weighted by Crippen LogP contribution is -2.11. The third-order valence-electron chi connectivity index (χ3n) is 10.1. The fourth-order valence-corrected chi connectivity index (χ4v) is 7.14. The smallest absolute Gasteiger partial charge is 0.305 e. The summed E-state index contributed by atoms with van der Waals surface area (Å²) in [7, 11) is 0. The molecule has 3 atom stereocenters. The van der Waals surface area contributed by atoms with Crippen LogP contribution in [0.2, 0.25) is 0 Å². The van der Waals surface area contributed by atoms with Gasteiger partial charge in [-0.2, -0.15) is 0 Å². The lowest BCUT2D eigenvalue weighted by molar-refractivity contribution is -0.144. The summed E-state index contributed by atoms with van der Waals surface area (Å²) in [4.78, 5) is 22.1. The molecule has 0 amide bonds. The first-order valence-corrected chi connectivity index (χ1v) is 17.5. The molecule has 0 aliphatic heterocycles. The van der Waals surface area contributed by atoms with Gasteiger partial charge in [-0.3, -0.25) is 14.8 Å². The van der Waals surface area contributed by atoms with Gasteiger partial charge in [-0.15, -0.1) is 0 Å². The van der Waals surface area contributed by atoms with Gasteiger partial charge in [0.2, 0.25) is 0 Å². The number of fused-ring (bicyclic) bond motifs is 2. The summed E-state index contributed by atoms with van der Waals surface area (Å²) in [5.41, 5.74) is 8.46. The second-order valence-corrected chi connectivity index (χ2v) is 14.4. The van der Waals surface area contributed by atoms with E-state index < -0.39 is 0 Å². The lowest BCUT2D eigenvalue weighted by atomic mass is 9.84. The number of aromatic nitrogens is 2. The number of ether oxygens (including phenoxy) is 1. The molecule has 0 bridgehead atoms. The van der Waals surface area contributed by atoms with Crippen LogP contribution in [-0.2, 0) is 27.8 Å². The van der Waals surface area contributed by atoms with E-state index in [2.05, 4.69) is 69.2 Å². The summed E-state index contributed by atoms with van der Waals surface area (Å²) in [6, 6.07) is 15.2. The molecule has 2 heterocycles. The SMILES string of the molecule is CCCCCCCCCCCC(=O)OC[C@H]1[C@@H]2CCc3cc(-c4cc(-c5ccccn5)cc(C(C)(C)C)c4)ncc3CC[C@@H]21. The van der Waals surface area contributed by atoms with Crippen LogP contribution in [0.25, 0.3) is 22.5 Å². The van der Waals surface area contributed by atoms with E-state index in [1.165, 1.54) is 74.5 Å². The van der Waals surface area contributed by atoms with Crippen LogP contribution in [0.3, 0.4) is 0 Å². The van der Waals surface area contributed by atoms with E-state index >= 15 is 0 Å². The Balaban J connectivity index is 1.13. The number of hydrogen-bond acceptors (Lipinski definition) is 4. The first kappa shape index (κ1) is 32.4. The van der Waals surface area contributed by atoms with Gasteiger partial charge in [-0.05, 0) is 108 Å². The van der Waals surface area contributed by atoms with Gasteiger partial charge in [-0.1, -0.05) is 85.1 Å². The van der Waals surface area contributed by atoms with Crippen molar-refractivity contribution in [3.8, 4) is 22.5 Å². The van der Waals surface area contributed by atoms with Crippen LogP contribution in [0.1, 0.15) is 121 Å². The molecule has 1 aromatic carbocycles. The van der Waals surface area contributed by atoms with Gasteiger partial charge in [0.15, 0.2) is 0 Å². The zero-order valence-corrected chi connectivity index (χ0v) is 27.7. The number of aryl methyl sites for hydroxylation is 2. The average molecular weight is 595 g/mol. The van der Waals surface area contributed by atoms with E-state index in [1.807, 2.05) is 18.3 Å². The topological polar surface area (TPSA) is 52.1 Å². The molecule has 0 saturated heterocycles. The van der Waals surface area contributed by atoms with Gasteiger partial charge in [0.25, 0.3) is 0 Å². The van der Waals surface area contributed by atoms with Gasteiger partial charge >= 0.3 is 5.97 Å². The molecule has 0 unspecified atom stereocenters. The van der Waals surface area contributed by atoms with E-state index in [4.69, 9.17) is 9.72 Å². The summed E-state index contributed by atoms with van der Waals surface area (Å²) >= 11 is 0. The number of pyridine rings is 2. The van der Waals surface area contributed by atoms with Gasteiger partial charge in [0.1, 0.15) is 0 Å². The number of rotatable bonds is 14. The number of benzene rings is 1. The van der Waals surface area contributed by atoms with E-state index in [-0.39, 0.29) is 11.4 Å².